The lowest BCUT2D eigenvalue weighted by Crippen LogP contribution is -2.32. The normalized spacial score (nSPS) is 11.6. The molecule has 0 radical (unpaired) electrons. The molecule has 2 heterocycles. The highest BCUT2D eigenvalue weighted by Gasteiger charge is 2.10. The summed E-state index contributed by atoms with van der Waals surface area (Å²) in [6.07, 6.45) is 3.48. The Morgan fingerprint density at radius 3 is 2.45 bits per heavy atom. The molecule has 7 heteroatoms. The average molecular weight is 429 g/mol. The van der Waals surface area contributed by atoms with E-state index >= 15 is 0 Å². The molecule has 2 aromatic heterocycles. The summed E-state index contributed by atoms with van der Waals surface area (Å²) in [6.45, 7) is 0.588. The number of nitrogens with zero attached hydrogens (tertiary/aromatic N) is 3. The number of fused-ring (bicyclic) bond motifs is 2. The molecule has 0 aliphatic heterocycles. The molecule has 31 heavy (non-hydrogen) atoms. The summed E-state index contributed by atoms with van der Waals surface area (Å²) >= 11 is 6.34. The minimum Gasteiger partial charge on any atom is -0.342 e. The van der Waals surface area contributed by atoms with E-state index in [2.05, 4.69) is 14.7 Å². The van der Waals surface area contributed by atoms with Crippen LogP contribution in [0.15, 0.2) is 93.7 Å². The van der Waals surface area contributed by atoms with E-state index in [9.17, 15) is 9.59 Å². The van der Waals surface area contributed by atoms with Gasteiger partial charge in [-0.3, -0.25) is 4.79 Å². The molecule has 0 spiro atoms. The second-order valence-electron chi connectivity index (χ2n) is 7.16. The van der Waals surface area contributed by atoms with Gasteiger partial charge in [-0.05, 0) is 29.8 Å². The van der Waals surface area contributed by atoms with Crippen molar-refractivity contribution in [2.75, 3.05) is 0 Å². The van der Waals surface area contributed by atoms with E-state index in [1.54, 1.807) is 24.3 Å². The Morgan fingerprint density at radius 2 is 1.61 bits per heavy atom. The molecule has 0 aliphatic rings. The lowest BCUT2D eigenvalue weighted by Gasteiger charge is -2.07. The number of hydrogen-bond donors (Lipinski definition) is 1. The Balaban J connectivity index is 1.60. The molecule has 3 aromatic carbocycles. The number of para-hydroxylation sites is 2. The Bertz CT molecular complexity index is 1580. The van der Waals surface area contributed by atoms with Gasteiger partial charge in [0.1, 0.15) is 0 Å². The summed E-state index contributed by atoms with van der Waals surface area (Å²) in [7, 11) is 0. The standard InChI is InChI=1S/C24H17ClN4O2/c25-20-10-4-1-7-16(20)14-28-15-17(18-8-3-6-12-22(18)28)13-26-29-23(30)19-9-2-5-11-21(19)27-24(29)31/h1-13,15H,14H2,(H,27,31). The first-order chi connectivity index (χ1) is 15.1. The molecule has 0 unspecified atom stereocenters. The summed E-state index contributed by atoms with van der Waals surface area (Å²) < 4.78 is 2.92. The molecule has 5 rings (SSSR count). The van der Waals surface area contributed by atoms with E-state index in [-0.39, 0.29) is 0 Å². The molecular formula is C24H17ClN4O2. The van der Waals surface area contributed by atoms with Crippen molar-refractivity contribution in [3.8, 4) is 0 Å². The average Bonchev–Trinajstić information content (AvgIpc) is 3.13. The zero-order valence-electron chi connectivity index (χ0n) is 16.3. The maximum absolute atomic E-state index is 12.7. The third-order valence-corrected chi connectivity index (χ3v) is 5.58. The Labute approximate surface area is 181 Å². The van der Waals surface area contributed by atoms with E-state index in [4.69, 9.17) is 11.6 Å². The van der Waals surface area contributed by atoms with Gasteiger partial charge in [-0.2, -0.15) is 5.10 Å². The molecule has 5 aromatic rings. The minimum absolute atomic E-state index is 0.403. The van der Waals surface area contributed by atoms with E-state index in [0.29, 0.717) is 22.5 Å². The smallest absolute Gasteiger partial charge is 0.342 e. The van der Waals surface area contributed by atoms with Gasteiger partial charge in [0.2, 0.25) is 0 Å². The van der Waals surface area contributed by atoms with E-state index in [0.717, 1.165) is 26.7 Å². The number of aromatic amines is 1. The fourth-order valence-electron chi connectivity index (χ4n) is 3.70. The van der Waals surface area contributed by atoms with Crippen molar-refractivity contribution in [3.63, 3.8) is 0 Å². The fourth-order valence-corrected chi connectivity index (χ4v) is 3.89. The van der Waals surface area contributed by atoms with Crippen LogP contribution in [0.1, 0.15) is 11.1 Å². The van der Waals surface area contributed by atoms with Crippen LogP contribution in [0.4, 0.5) is 0 Å². The predicted molar refractivity (Wildman–Crippen MR) is 124 cm³/mol. The first kappa shape index (κ1) is 19.1. The van der Waals surface area contributed by atoms with Gasteiger partial charge >= 0.3 is 5.69 Å². The van der Waals surface area contributed by atoms with Gasteiger partial charge in [-0.1, -0.05) is 60.1 Å². The molecule has 0 saturated carbocycles. The SMILES string of the molecule is O=c1[nH]c2ccccc2c(=O)n1N=Cc1cn(Cc2ccccc2Cl)c2ccccc12. The van der Waals surface area contributed by atoms with Crippen LogP contribution in [0.2, 0.25) is 5.02 Å². The lowest BCUT2D eigenvalue weighted by molar-refractivity contribution is 0.771. The van der Waals surface area contributed by atoms with Crippen LogP contribution in [0.5, 0.6) is 0 Å². The summed E-state index contributed by atoms with van der Waals surface area (Å²) in [5.74, 6) is 0. The van der Waals surface area contributed by atoms with Gasteiger partial charge in [-0.15, -0.1) is 4.68 Å². The van der Waals surface area contributed by atoms with Crippen molar-refractivity contribution >= 4 is 39.6 Å². The fraction of sp³-hybridized carbons (Fsp3) is 0.0417. The van der Waals surface area contributed by atoms with Gasteiger partial charge in [0, 0.05) is 34.2 Å². The Morgan fingerprint density at radius 1 is 0.903 bits per heavy atom. The molecule has 0 atom stereocenters. The van der Waals surface area contributed by atoms with Gasteiger partial charge in [0.25, 0.3) is 5.56 Å². The molecule has 152 valence electrons. The monoisotopic (exact) mass is 428 g/mol. The summed E-state index contributed by atoms with van der Waals surface area (Å²) in [4.78, 5) is 27.8. The molecule has 1 N–H and O–H groups in total. The number of hydrogen-bond acceptors (Lipinski definition) is 3. The topological polar surface area (TPSA) is 72.2 Å². The molecule has 6 nitrogen and oxygen atoms in total. The second-order valence-corrected chi connectivity index (χ2v) is 7.57. The van der Waals surface area contributed by atoms with E-state index in [1.807, 2.05) is 54.7 Å². The molecule has 0 bridgehead atoms. The molecular weight excluding hydrogens is 412 g/mol. The van der Waals surface area contributed by atoms with E-state index in [1.165, 1.54) is 6.21 Å². The van der Waals surface area contributed by atoms with Gasteiger partial charge < -0.3 is 9.55 Å². The number of rotatable bonds is 4. The largest absolute Gasteiger partial charge is 0.349 e. The third-order valence-electron chi connectivity index (χ3n) is 5.21. The van der Waals surface area contributed by atoms with Crippen molar-refractivity contribution in [1.29, 1.82) is 0 Å². The number of nitrogens with one attached hydrogen (secondary N) is 1. The van der Waals surface area contributed by atoms with Gasteiger partial charge in [-0.25, -0.2) is 4.79 Å². The zero-order chi connectivity index (χ0) is 21.4. The van der Waals surface area contributed by atoms with Crippen LogP contribution >= 0.6 is 11.6 Å². The number of aromatic nitrogens is 3. The maximum Gasteiger partial charge on any atom is 0.349 e. The zero-order valence-corrected chi connectivity index (χ0v) is 17.1. The van der Waals surface area contributed by atoms with Crippen LogP contribution in [-0.4, -0.2) is 20.4 Å². The Kier molecular flexibility index (Phi) is 4.76. The molecule has 0 saturated heterocycles. The van der Waals surface area contributed by atoms with Crippen LogP contribution in [0.25, 0.3) is 21.8 Å². The predicted octanol–water partition coefficient (Wildman–Crippen LogP) is 4.23. The first-order valence-corrected chi connectivity index (χ1v) is 10.1. The highest BCUT2D eigenvalue weighted by Crippen LogP contribution is 2.23. The number of benzene rings is 3. The van der Waals surface area contributed by atoms with Crippen molar-refractivity contribution in [2.45, 2.75) is 6.54 Å². The van der Waals surface area contributed by atoms with Gasteiger partial charge in [0.05, 0.1) is 17.1 Å². The molecule has 0 aliphatic carbocycles. The highest BCUT2D eigenvalue weighted by atomic mass is 35.5. The van der Waals surface area contributed by atoms with Gasteiger partial charge in [0.15, 0.2) is 0 Å². The summed E-state index contributed by atoms with van der Waals surface area (Å²) in [5, 5.41) is 6.27. The second kappa shape index (κ2) is 7.74. The molecule has 0 fully saturated rings. The minimum atomic E-state index is -0.584. The van der Waals surface area contributed by atoms with Crippen LogP contribution in [0.3, 0.4) is 0 Å². The van der Waals surface area contributed by atoms with Crippen molar-refractivity contribution in [3.05, 3.63) is 116 Å². The summed E-state index contributed by atoms with van der Waals surface area (Å²) in [5.41, 5.74) is 2.23. The highest BCUT2D eigenvalue weighted by molar-refractivity contribution is 6.31. The third kappa shape index (κ3) is 3.47. The quantitative estimate of drug-likeness (QED) is 0.435. The van der Waals surface area contributed by atoms with E-state index < -0.39 is 11.2 Å². The number of halogens is 1. The summed E-state index contributed by atoms with van der Waals surface area (Å²) in [6, 6.07) is 22.5. The Hall–Kier alpha value is -3.90. The molecule has 0 amide bonds. The number of H-pyrrole nitrogens is 1. The van der Waals surface area contributed by atoms with Crippen LogP contribution < -0.4 is 11.2 Å². The lowest BCUT2D eigenvalue weighted by atomic mass is 10.2. The van der Waals surface area contributed by atoms with Crippen molar-refractivity contribution < 1.29 is 0 Å². The first-order valence-electron chi connectivity index (χ1n) is 9.71. The van der Waals surface area contributed by atoms with Crippen LogP contribution in [0, 0.1) is 0 Å². The van der Waals surface area contributed by atoms with Crippen molar-refractivity contribution in [1.82, 2.24) is 14.2 Å². The van der Waals surface area contributed by atoms with Crippen LogP contribution in [-0.2, 0) is 6.54 Å². The van der Waals surface area contributed by atoms with Crippen molar-refractivity contribution in [2.24, 2.45) is 5.10 Å². The maximum atomic E-state index is 12.7.